The van der Waals surface area contributed by atoms with Crippen LogP contribution < -0.4 is 11.1 Å². The lowest BCUT2D eigenvalue weighted by Gasteiger charge is -2.14. The van der Waals surface area contributed by atoms with Crippen LogP contribution in [0.15, 0.2) is 66.5 Å². The number of H-pyrrole nitrogens is 1. The van der Waals surface area contributed by atoms with Gasteiger partial charge in [-0.3, -0.25) is 4.79 Å². The molecule has 152 valence electrons. The van der Waals surface area contributed by atoms with Crippen LogP contribution in [0.4, 0.5) is 20.3 Å². The molecule has 0 saturated heterocycles. The van der Waals surface area contributed by atoms with Gasteiger partial charge in [-0.05, 0) is 42.8 Å². The first-order valence-electron chi connectivity index (χ1n) is 9.17. The molecule has 1 aromatic heterocycles. The standard InChI is InChI=1S/C22H17ClF2N4O/c23-16-2-1-3-17(25)18(16)21-28-19(20(26)29-21)12-6-10-15(11-7-12)27-22(30)13-4-8-14(24)9-5-13/h1-4,6-11,13H,5,26H2,(H,27,30)(H,28,29). The van der Waals surface area contributed by atoms with E-state index in [4.69, 9.17) is 17.3 Å². The van der Waals surface area contributed by atoms with Crippen LogP contribution in [0, 0.1) is 11.7 Å². The lowest BCUT2D eigenvalue weighted by Crippen LogP contribution is -2.21. The number of nitrogens with two attached hydrogens (primary N) is 1. The third kappa shape index (κ3) is 3.97. The van der Waals surface area contributed by atoms with Crippen LogP contribution >= 0.6 is 11.6 Å². The summed E-state index contributed by atoms with van der Waals surface area (Å²) < 4.78 is 27.2. The number of carbonyl (C=O) groups is 1. The molecule has 1 unspecified atom stereocenters. The van der Waals surface area contributed by atoms with Crippen molar-refractivity contribution in [2.45, 2.75) is 6.42 Å². The summed E-state index contributed by atoms with van der Waals surface area (Å²) in [7, 11) is 0. The Bertz CT molecular complexity index is 1150. The van der Waals surface area contributed by atoms with Crippen LogP contribution in [0.3, 0.4) is 0 Å². The Morgan fingerprint density at radius 3 is 2.63 bits per heavy atom. The largest absolute Gasteiger partial charge is 0.383 e. The molecule has 0 fully saturated rings. The Hall–Kier alpha value is -3.45. The topological polar surface area (TPSA) is 83.8 Å². The molecule has 4 N–H and O–H groups in total. The number of imidazole rings is 1. The number of nitrogens with one attached hydrogen (secondary N) is 2. The Morgan fingerprint density at radius 2 is 1.97 bits per heavy atom. The van der Waals surface area contributed by atoms with Gasteiger partial charge in [-0.1, -0.05) is 35.9 Å². The van der Waals surface area contributed by atoms with Crippen molar-refractivity contribution in [3.8, 4) is 22.6 Å². The number of nitrogen functional groups attached to an aromatic ring is 1. The second-order valence-electron chi connectivity index (χ2n) is 6.80. The SMILES string of the molecule is Nc1[nH]c(-c2c(F)cccc2Cl)nc1-c1ccc(NC(=O)C2C=CC(F)=CC2)cc1. The second-order valence-corrected chi connectivity index (χ2v) is 7.21. The van der Waals surface area contributed by atoms with E-state index < -0.39 is 11.7 Å². The lowest BCUT2D eigenvalue weighted by atomic mass is 9.99. The van der Waals surface area contributed by atoms with E-state index >= 15 is 0 Å². The molecule has 0 radical (unpaired) electrons. The first-order chi connectivity index (χ1) is 14.4. The van der Waals surface area contributed by atoms with Gasteiger partial charge < -0.3 is 16.0 Å². The molecular weight excluding hydrogens is 410 g/mol. The van der Waals surface area contributed by atoms with Crippen molar-refractivity contribution in [1.29, 1.82) is 0 Å². The van der Waals surface area contributed by atoms with Gasteiger partial charge in [0.05, 0.1) is 16.5 Å². The Kier molecular flexibility index (Phi) is 5.37. The summed E-state index contributed by atoms with van der Waals surface area (Å²) in [6, 6.07) is 11.3. The average molecular weight is 427 g/mol. The van der Waals surface area contributed by atoms with Gasteiger partial charge >= 0.3 is 0 Å². The molecule has 1 amide bonds. The summed E-state index contributed by atoms with van der Waals surface area (Å²) in [6.07, 6.45) is 4.53. The summed E-state index contributed by atoms with van der Waals surface area (Å²) in [6.45, 7) is 0. The molecule has 1 aliphatic rings. The van der Waals surface area contributed by atoms with Crippen molar-refractivity contribution in [2.75, 3.05) is 11.1 Å². The molecule has 3 aromatic rings. The number of nitrogens with zero attached hydrogens (tertiary/aromatic N) is 1. The minimum Gasteiger partial charge on any atom is -0.383 e. The molecule has 1 heterocycles. The third-order valence-corrected chi connectivity index (χ3v) is 5.06. The fraction of sp³-hybridized carbons (Fsp3) is 0.0909. The number of hydrogen-bond acceptors (Lipinski definition) is 3. The van der Waals surface area contributed by atoms with E-state index in [9.17, 15) is 13.6 Å². The fourth-order valence-electron chi connectivity index (χ4n) is 3.18. The third-order valence-electron chi connectivity index (χ3n) is 4.75. The normalized spacial score (nSPS) is 15.7. The van der Waals surface area contributed by atoms with E-state index in [1.807, 2.05) is 0 Å². The fourth-order valence-corrected chi connectivity index (χ4v) is 3.44. The van der Waals surface area contributed by atoms with E-state index in [1.54, 1.807) is 36.4 Å². The van der Waals surface area contributed by atoms with Crippen LogP contribution in [0.25, 0.3) is 22.6 Å². The molecule has 5 nitrogen and oxygen atoms in total. The number of rotatable bonds is 4. The second kappa shape index (κ2) is 8.12. The Balaban J connectivity index is 1.53. The van der Waals surface area contributed by atoms with E-state index in [-0.39, 0.29) is 34.0 Å². The van der Waals surface area contributed by atoms with Crippen molar-refractivity contribution >= 4 is 29.0 Å². The summed E-state index contributed by atoms with van der Waals surface area (Å²) in [4.78, 5) is 19.6. The minimum atomic E-state index is -0.507. The van der Waals surface area contributed by atoms with Crippen LogP contribution in [0.2, 0.25) is 5.02 Å². The first-order valence-corrected chi connectivity index (χ1v) is 9.55. The molecule has 0 aliphatic heterocycles. The highest BCUT2D eigenvalue weighted by Gasteiger charge is 2.19. The monoisotopic (exact) mass is 426 g/mol. The van der Waals surface area contributed by atoms with Gasteiger partial charge in [0.25, 0.3) is 0 Å². The summed E-state index contributed by atoms with van der Waals surface area (Å²) in [5, 5.41) is 3.02. The molecule has 2 aromatic carbocycles. The van der Waals surface area contributed by atoms with Crippen LogP contribution in [0.5, 0.6) is 0 Å². The van der Waals surface area contributed by atoms with Crippen LogP contribution in [-0.4, -0.2) is 15.9 Å². The molecule has 1 aliphatic carbocycles. The van der Waals surface area contributed by atoms with Crippen molar-refractivity contribution in [3.63, 3.8) is 0 Å². The first kappa shape index (κ1) is 19.8. The zero-order valence-electron chi connectivity index (χ0n) is 15.6. The highest BCUT2D eigenvalue weighted by Crippen LogP contribution is 2.33. The maximum Gasteiger partial charge on any atom is 0.231 e. The molecule has 0 saturated carbocycles. The average Bonchev–Trinajstić information content (AvgIpc) is 3.10. The highest BCUT2D eigenvalue weighted by molar-refractivity contribution is 6.33. The maximum atomic E-state index is 14.2. The predicted molar refractivity (Wildman–Crippen MR) is 114 cm³/mol. The van der Waals surface area contributed by atoms with E-state index in [1.165, 1.54) is 24.3 Å². The van der Waals surface area contributed by atoms with Gasteiger partial charge in [0.2, 0.25) is 5.91 Å². The van der Waals surface area contributed by atoms with Crippen LogP contribution in [-0.2, 0) is 4.79 Å². The van der Waals surface area contributed by atoms with Crippen molar-refractivity contribution in [3.05, 3.63) is 77.4 Å². The molecule has 8 heteroatoms. The predicted octanol–water partition coefficient (Wildman–Crippen LogP) is 5.49. The quantitative estimate of drug-likeness (QED) is 0.516. The number of amides is 1. The molecule has 1 atom stereocenters. The zero-order valence-corrected chi connectivity index (χ0v) is 16.4. The van der Waals surface area contributed by atoms with Crippen molar-refractivity contribution < 1.29 is 13.6 Å². The van der Waals surface area contributed by atoms with Gasteiger partial charge in [0.15, 0.2) is 0 Å². The maximum absolute atomic E-state index is 14.2. The molecule has 4 rings (SSSR count). The van der Waals surface area contributed by atoms with Crippen molar-refractivity contribution in [2.24, 2.45) is 5.92 Å². The van der Waals surface area contributed by atoms with Gasteiger partial charge in [0, 0.05) is 11.3 Å². The molecular formula is C22H17ClF2N4O. The van der Waals surface area contributed by atoms with Crippen LogP contribution in [0.1, 0.15) is 6.42 Å². The number of halogens is 3. The van der Waals surface area contributed by atoms with Gasteiger partial charge in [-0.2, -0.15) is 0 Å². The number of aromatic amines is 1. The molecule has 30 heavy (non-hydrogen) atoms. The number of carbonyl (C=O) groups excluding carboxylic acids is 1. The Labute approximate surface area is 176 Å². The van der Waals surface area contributed by atoms with Gasteiger partial charge in [-0.25, -0.2) is 13.8 Å². The molecule has 0 spiro atoms. The number of hydrogen-bond donors (Lipinski definition) is 3. The number of allylic oxidation sites excluding steroid dienone is 3. The minimum absolute atomic E-state index is 0.145. The lowest BCUT2D eigenvalue weighted by molar-refractivity contribution is -0.118. The van der Waals surface area contributed by atoms with Gasteiger partial charge in [0.1, 0.15) is 29.0 Å². The number of anilines is 2. The van der Waals surface area contributed by atoms with E-state index in [0.717, 1.165) is 0 Å². The summed E-state index contributed by atoms with van der Waals surface area (Å²) in [5.74, 6) is -0.990. The van der Waals surface area contributed by atoms with E-state index in [2.05, 4.69) is 15.3 Å². The summed E-state index contributed by atoms with van der Waals surface area (Å²) >= 11 is 6.10. The number of benzene rings is 2. The number of aromatic nitrogens is 2. The van der Waals surface area contributed by atoms with Gasteiger partial charge in [-0.15, -0.1) is 0 Å². The Morgan fingerprint density at radius 1 is 1.20 bits per heavy atom. The highest BCUT2D eigenvalue weighted by atomic mass is 35.5. The smallest absolute Gasteiger partial charge is 0.231 e. The molecule has 0 bridgehead atoms. The zero-order chi connectivity index (χ0) is 21.3. The summed E-state index contributed by atoms with van der Waals surface area (Å²) in [5.41, 5.74) is 7.89. The van der Waals surface area contributed by atoms with Crippen molar-refractivity contribution in [1.82, 2.24) is 9.97 Å². The van der Waals surface area contributed by atoms with E-state index in [0.29, 0.717) is 23.4 Å².